The van der Waals surface area contributed by atoms with Gasteiger partial charge in [0.2, 0.25) is 5.91 Å². The topological polar surface area (TPSA) is 55.1 Å². The molecule has 0 heterocycles. The molecule has 0 atom stereocenters. The standard InChI is InChI=1S/C8H15F3N2OS/c1-7(2,5-6(12)14)13-3-4-15-8(9,10)11/h13H,3-5H2,1-2H3,(H2,12,14). The molecule has 3 N–H and O–H groups in total. The zero-order valence-corrected chi connectivity index (χ0v) is 9.47. The van der Waals surface area contributed by atoms with Crippen LogP contribution in [0, 0.1) is 0 Å². The minimum Gasteiger partial charge on any atom is -0.370 e. The highest BCUT2D eigenvalue weighted by atomic mass is 32.2. The lowest BCUT2D eigenvalue weighted by Gasteiger charge is -2.24. The van der Waals surface area contributed by atoms with Gasteiger partial charge in [-0.1, -0.05) is 0 Å². The number of carbonyl (C=O) groups excluding carboxylic acids is 1. The molecule has 0 aliphatic carbocycles. The number of hydrogen-bond acceptors (Lipinski definition) is 3. The molecule has 0 fully saturated rings. The maximum absolute atomic E-state index is 11.7. The van der Waals surface area contributed by atoms with Gasteiger partial charge in [-0.25, -0.2) is 0 Å². The first kappa shape index (κ1) is 14.6. The minimum atomic E-state index is -4.20. The van der Waals surface area contributed by atoms with Crippen molar-refractivity contribution in [3.05, 3.63) is 0 Å². The quantitative estimate of drug-likeness (QED) is 0.696. The summed E-state index contributed by atoms with van der Waals surface area (Å²) in [4.78, 5) is 10.6. The van der Waals surface area contributed by atoms with E-state index in [1.54, 1.807) is 13.8 Å². The molecule has 0 aromatic heterocycles. The summed E-state index contributed by atoms with van der Waals surface area (Å²) in [5.41, 5.74) is 0.231. The van der Waals surface area contributed by atoms with Gasteiger partial charge in [0.05, 0.1) is 0 Å². The van der Waals surface area contributed by atoms with Gasteiger partial charge in [0, 0.05) is 24.3 Å². The van der Waals surface area contributed by atoms with Crippen molar-refractivity contribution in [1.82, 2.24) is 5.32 Å². The molecule has 0 rings (SSSR count). The molecule has 0 bridgehead atoms. The van der Waals surface area contributed by atoms with Gasteiger partial charge in [0.25, 0.3) is 0 Å². The third-order valence-electron chi connectivity index (χ3n) is 1.59. The first-order valence-electron chi connectivity index (χ1n) is 4.36. The Morgan fingerprint density at radius 3 is 2.33 bits per heavy atom. The predicted molar refractivity (Wildman–Crippen MR) is 54.4 cm³/mol. The van der Waals surface area contributed by atoms with Gasteiger partial charge in [-0.05, 0) is 25.6 Å². The van der Waals surface area contributed by atoms with E-state index in [0.717, 1.165) is 0 Å². The molecule has 15 heavy (non-hydrogen) atoms. The first-order valence-corrected chi connectivity index (χ1v) is 5.35. The van der Waals surface area contributed by atoms with Crippen molar-refractivity contribution in [3.63, 3.8) is 0 Å². The number of nitrogens with one attached hydrogen (secondary N) is 1. The van der Waals surface area contributed by atoms with Gasteiger partial charge >= 0.3 is 5.51 Å². The maximum atomic E-state index is 11.7. The summed E-state index contributed by atoms with van der Waals surface area (Å²) in [5.74, 6) is -0.554. The van der Waals surface area contributed by atoms with E-state index in [9.17, 15) is 18.0 Å². The normalized spacial score (nSPS) is 12.9. The SMILES string of the molecule is CC(C)(CC(N)=O)NCCSC(F)(F)F. The zero-order chi connectivity index (χ0) is 12.1. The highest BCUT2D eigenvalue weighted by Gasteiger charge is 2.28. The summed E-state index contributed by atoms with van der Waals surface area (Å²) in [6.07, 6.45) is 0.101. The van der Waals surface area contributed by atoms with Crippen LogP contribution in [0.5, 0.6) is 0 Å². The van der Waals surface area contributed by atoms with E-state index in [0.29, 0.717) is 0 Å². The molecule has 0 saturated heterocycles. The molecule has 0 radical (unpaired) electrons. The van der Waals surface area contributed by atoms with Gasteiger partial charge in [-0.15, -0.1) is 0 Å². The van der Waals surface area contributed by atoms with E-state index in [2.05, 4.69) is 5.32 Å². The van der Waals surface area contributed by atoms with Gasteiger partial charge in [-0.2, -0.15) is 13.2 Å². The van der Waals surface area contributed by atoms with E-state index in [-0.39, 0.29) is 30.5 Å². The Kier molecular flexibility index (Phi) is 5.44. The molecule has 0 aromatic rings. The average molecular weight is 244 g/mol. The summed E-state index contributed by atoms with van der Waals surface area (Å²) in [6, 6.07) is 0. The molecule has 0 unspecified atom stereocenters. The van der Waals surface area contributed by atoms with Crippen LogP contribution in [0.15, 0.2) is 0 Å². The van der Waals surface area contributed by atoms with Crippen LogP contribution < -0.4 is 11.1 Å². The zero-order valence-electron chi connectivity index (χ0n) is 8.65. The second-order valence-corrected chi connectivity index (χ2v) is 4.91. The molecule has 0 aromatic carbocycles. The van der Waals surface area contributed by atoms with Crippen molar-refractivity contribution in [2.24, 2.45) is 5.73 Å². The second kappa shape index (κ2) is 5.60. The maximum Gasteiger partial charge on any atom is 0.441 e. The van der Waals surface area contributed by atoms with Crippen molar-refractivity contribution in [1.29, 1.82) is 0 Å². The molecule has 90 valence electrons. The first-order chi connectivity index (χ1) is 6.62. The number of alkyl halides is 3. The molecule has 0 saturated carbocycles. The van der Waals surface area contributed by atoms with Crippen molar-refractivity contribution in [3.8, 4) is 0 Å². The van der Waals surface area contributed by atoms with E-state index in [4.69, 9.17) is 5.73 Å². The lowest BCUT2D eigenvalue weighted by Crippen LogP contribution is -2.43. The Labute approximate surface area is 91.0 Å². The van der Waals surface area contributed by atoms with Gasteiger partial charge in [-0.3, -0.25) is 4.79 Å². The number of rotatable bonds is 6. The Hall–Kier alpha value is -0.430. The van der Waals surface area contributed by atoms with Crippen LogP contribution in [-0.4, -0.2) is 29.3 Å². The van der Waals surface area contributed by atoms with Crippen LogP contribution in [-0.2, 0) is 4.79 Å². The Balaban J connectivity index is 3.71. The van der Waals surface area contributed by atoms with E-state index in [1.807, 2.05) is 0 Å². The van der Waals surface area contributed by atoms with E-state index in [1.165, 1.54) is 0 Å². The van der Waals surface area contributed by atoms with Crippen LogP contribution >= 0.6 is 11.8 Å². The number of nitrogens with two attached hydrogens (primary N) is 1. The van der Waals surface area contributed by atoms with Crippen molar-refractivity contribution >= 4 is 17.7 Å². The lowest BCUT2D eigenvalue weighted by atomic mass is 10.0. The van der Waals surface area contributed by atoms with Gasteiger partial charge in [0.15, 0.2) is 0 Å². The third-order valence-corrected chi connectivity index (χ3v) is 2.32. The Bertz CT molecular complexity index is 218. The van der Waals surface area contributed by atoms with Crippen LogP contribution in [0.2, 0.25) is 0 Å². The summed E-state index contributed by atoms with van der Waals surface area (Å²) in [7, 11) is 0. The van der Waals surface area contributed by atoms with Gasteiger partial charge < -0.3 is 11.1 Å². The summed E-state index contributed by atoms with van der Waals surface area (Å²) < 4.78 is 35.2. The monoisotopic (exact) mass is 244 g/mol. The summed E-state index contributed by atoms with van der Waals surface area (Å²) in [6.45, 7) is 3.62. The van der Waals surface area contributed by atoms with Crippen LogP contribution in [0.3, 0.4) is 0 Å². The van der Waals surface area contributed by atoms with Crippen molar-refractivity contribution in [2.75, 3.05) is 12.3 Å². The average Bonchev–Trinajstić information content (AvgIpc) is 1.93. The highest BCUT2D eigenvalue weighted by Crippen LogP contribution is 2.29. The smallest absolute Gasteiger partial charge is 0.370 e. The van der Waals surface area contributed by atoms with Gasteiger partial charge in [0.1, 0.15) is 0 Å². The Morgan fingerprint density at radius 1 is 1.40 bits per heavy atom. The highest BCUT2D eigenvalue weighted by molar-refractivity contribution is 8.00. The molecule has 7 heteroatoms. The summed E-state index contributed by atoms with van der Waals surface area (Å²) in [5, 5.41) is 2.84. The number of carbonyl (C=O) groups is 1. The van der Waals surface area contributed by atoms with Crippen LogP contribution in [0.1, 0.15) is 20.3 Å². The summed E-state index contributed by atoms with van der Waals surface area (Å²) >= 11 is -0.0855. The molecule has 0 aliphatic rings. The Morgan fingerprint density at radius 2 is 1.93 bits per heavy atom. The number of thioether (sulfide) groups is 1. The van der Waals surface area contributed by atoms with Crippen molar-refractivity contribution in [2.45, 2.75) is 31.3 Å². The fourth-order valence-electron chi connectivity index (χ4n) is 1.05. The number of halogens is 3. The molecule has 1 amide bonds. The van der Waals surface area contributed by atoms with E-state index < -0.39 is 17.0 Å². The molecule has 0 aliphatic heterocycles. The number of primary amides is 1. The molecule has 0 spiro atoms. The number of hydrogen-bond donors (Lipinski definition) is 2. The lowest BCUT2D eigenvalue weighted by molar-refractivity contribution is -0.119. The van der Waals surface area contributed by atoms with Crippen molar-refractivity contribution < 1.29 is 18.0 Å². The largest absolute Gasteiger partial charge is 0.441 e. The second-order valence-electron chi connectivity index (χ2n) is 3.75. The third kappa shape index (κ3) is 9.86. The fourth-order valence-corrected chi connectivity index (χ4v) is 1.49. The van der Waals surface area contributed by atoms with E-state index >= 15 is 0 Å². The predicted octanol–water partition coefficient (Wildman–Crippen LogP) is 1.48. The van der Waals surface area contributed by atoms with Crippen LogP contribution in [0.4, 0.5) is 13.2 Å². The molecular formula is C8H15F3N2OS. The molecular weight excluding hydrogens is 229 g/mol. The minimum absolute atomic E-state index is 0.0777. The number of amides is 1. The fraction of sp³-hybridized carbons (Fsp3) is 0.875. The molecule has 3 nitrogen and oxygen atoms in total. The van der Waals surface area contributed by atoms with Crippen LogP contribution in [0.25, 0.3) is 0 Å².